The molecule has 4 heterocycles. The first-order chi connectivity index (χ1) is 19.3. The number of likely N-dealkylation sites (tertiary alicyclic amines) is 1. The van der Waals surface area contributed by atoms with Crippen molar-refractivity contribution in [2.24, 2.45) is 17.8 Å². The van der Waals surface area contributed by atoms with Crippen molar-refractivity contribution >= 4 is 40.5 Å². The SMILES string of the molecule is C=CCN(Cn1nnc2ccccc21)C(=O)C1N(CCO)C(=O)[C@@H]2[C@H](C(=O)N(CC=C)CCC)[C@@H]3CC(C)C12S3. The first-order valence-corrected chi connectivity index (χ1v) is 14.9. The Morgan fingerprint density at radius 3 is 2.62 bits per heavy atom. The Morgan fingerprint density at radius 2 is 1.93 bits per heavy atom. The first-order valence-electron chi connectivity index (χ1n) is 14.0. The van der Waals surface area contributed by atoms with E-state index in [1.54, 1.807) is 38.4 Å². The third-order valence-corrected chi connectivity index (χ3v) is 10.7. The molecule has 6 atom stereocenters. The highest BCUT2D eigenvalue weighted by molar-refractivity contribution is 8.02. The molecule has 3 fully saturated rings. The molecule has 1 aromatic carbocycles. The molecule has 11 heteroatoms. The highest BCUT2D eigenvalue weighted by Gasteiger charge is 2.76. The molecule has 1 spiro atoms. The average molecular weight is 567 g/mol. The van der Waals surface area contributed by atoms with Gasteiger partial charge in [0.05, 0.1) is 28.7 Å². The van der Waals surface area contributed by atoms with Crippen molar-refractivity contribution in [3.05, 3.63) is 49.6 Å². The summed E-state index contributed by atoms with van der Waals surface area (Å²) in [7, 11) is 0. The molecule has 214 valence electrons. The van der Waals surface area contributed by atoms with Gasteiger partial charge in [0.25, 0.3) is 0 Å². The number of para-hydroxylation sites is 1. The molecule has 3 aliphatic heterocycles. The number of β-amino-alcohol motifs (C(OH)–C–C–N with tert-alkyl or cyclic N) is 1. The molecule has 0 aliphatic carbocycles. The number of rotatable bonds is 12. The summed E-state index contributed by atoms with van der Waals surface area (Å²) in [4.78, 5) is 47.6. The van der Waals surface area contributed by atoms with Crippen LogP contribution in [0.5, 0.6) is 0 Å². The lowest BCUT2D eigenvalue weighted by atomic mass is 9.65. The van der Waals surface area contributed by atoms with E-state index in [9.17, 15) is 19.5 Å². The quantitative estimate of drug-likeness (QED) is 0.392. The van der Waals surface area contributed by atoms with Gasteiger partial charge in [-0.05, 0) is 30.9 Å². The lowest BCUT2D eigenvalue weighted by molar-refractivity contribution is -0.145. The Bertz CT molecular complexity index is 1310. The van der Waals surface area contributed by atoms with Crippen molar-refractivity contribution in [2.45, 2.75) is 49.4 Å². The van der Waals surface area contributed by atoms with Crippen LogP contribution < -0.4 is 0 Å². The number of carbonyl (C=O) groups excluding carboxylic acids is 3. The standard InChI is InChI=1S/C29H38N6O4S/c1-5-12-32(13-6-2)26(37)23-22-17-19(4)29(40-22)24(23)27(38)34(15-16-36)25(29)28(39)33(14-7-3)18-35-21-11-9-8-10-20(21)30-31-35/h5,7-11,19,22-25,36H,1,3,6,12-18H2,2,4H3/t19?,22-,23+,24-,25?,29?/m0/s1. The van der Waals surface area contributed by atoms with Crippen LogP contribution in [0.1, 0.15) is 26.7 Å². The van der Waals surface area contributed by atoms with Crippen LogP contribution in [-0.4, -0.2) is 101 Å². The molecule has 3 unspecified atom stereocenters. The number of hydrogen-bond donors (Lipinski definition) is 1. The maximum absolute atomic E-state index is 14.5. The van der Waals surface area contributed by atoms with E-state index in [2.05, 4.69) is 30.4 Å². The van der Waals surface area contributed by atoms with Crippen LogP contribution >= 0.6 is 11.8 Å². The fraction of sp³-hybridized carbons (Fsp3) is 0.552. The van der Waals surface area contributed by atoms with E-state index in [4.69, 9.17) is 0 Å². The molecule has 2 bridgehead atoms. The zero-order chi connectivity index (χ0) is 28.6. The van der Waals surface area contributed by atoms with Crippen molar-refractivity contribution in [1.82, 2.24) is 29.7 Å². The van der Waals surface area contributed by atoms with Crippen LogP contribution in [0.2, 0.25) is 0 Å². The van der Waals surface area contributed by atoms with Gasteiger partial charge in [0.2, 0.25) is 17.7 Å². The fourth-order valence-corrected chi connectivity index (χ4v) is 9.50. The summed E-state index contributed by atoms with van der Waals surface area (Å²) in [6.45, 7) is 13.0. The molecular weight excluding hydrogens is 528 g/mol. The largest absolute Gasteiger partial charge is 0.395 e. The monoisotopic (exact) mass is 566 g/mol. The predicted octanol–water partition coefficient (Wildman–Crippen LogP) is 2.16. The summed E-state index contributed by atoms with van der Waals surface area (Å²) in [6, 6.07) is 6.73. The van der Waals surface area contributed by atoms with Crippen LogP contribution in [-0.2, 0) is 21.1 Å². The minimum Gasteiger partial charge on any atom is -0.395 e. The fourth-order valence-electron chi connectivity index (χ4n) is 7.09. The van der Waals surface area contributed by atoms with Crippen molar-refractivity contribution in [1.29, 1.82) is 0 Å². The first kappa shape index (κ1) is 28.4. The van der Waals surface area contributed by atoms with Gasteiger partial charge in [0, 0.05) is 31.4 Å². The second kappa shape index (κ2) is 11.4. The molecule has 1 aromatic heterocycles. The lowest BCUT2D eigenvalue weighted by Gasteiger charge is -2.41. The molecule has 3 saturated heterocycles. The maximum atomic E-state index is 14.5. The second-order valence-electron chi connectivity index (χ2n) is 10.9. The number of nitrogens with zero attached hydrogens (tertiary/aromatic N) is 6. The van der Waals surface area contributed by atoms with E-state index < -0.39 is 22.6 Å². The zero-order valence-electron chi connectivity index (χ0n) is 23.2. The topological polar surface area (TPSA) is 112 Å². The Balaban J connectivity index is 1.53. The van der Waals surface area contributed by atoms with E-state index in [1.807, 2.05) is 31.2 Å². The number of benzene rings is 1. The van der Waals surface area contributed by atoms with E-state index in [1.165, 1.54) is 4.90 Å². The molecule has 3 aliphatic rings. The molecule has 1 N–H and O–H groups in total. The van der Waals surface area contributed by atoms with Crippen LogP contribution in [0.25, 0.3) is 11.0 Å². The van der Waals surface area contributed by atoms with E-state index in [-0.39, 0.29) is 55.3 Å². The number of fused-ring (bicyclic) bond motifs is 2. The van der Waals surface area contributed by atoms with E-state index >= 15 is 0 Å². The molecular formula is C29H38N6O4S. The summed E-state index contributed by atoms with van der Waals surface area (Å²) in [5.74, 6) is -1.58. The number of hydrogen-bond acceptors (Lipinski definition) is 7. The van der Waals surface area contributed by atoms with Gasteiger partial charge >= 0.3 is 0 Å². The summed E-state index contributed by atoms with van der Waals surface area (Å²) in [5.41, 5.74) is 1.52. The minimum atomic E-state index is -0.811. The van der Waals surface area contributed by atoms with Crippen LogP contribution in [0.3, 0.4) is 0 Å². The van der Waals surface area contributed by atoms with Crippen LogP contribution in [0.15, 0.2) is 49.6 Å². The molecule has 10 nitrogen and oxygen atoms in total. The summed E-state index contributed by atoms with van der Waals surface area (Å²) >= 11 is 1.64. The molecule has 0 radical (unpaired) electrons. The Hall–Kier alpha value is -3.18. The number of aromatic nitrogens is 3. The van der Waals surface area contributed by atoms with Gasteiger partial charge in [0.15, 0.2) is 0 Å². The number of thioether (sulfide) groups is 1. The van der Waals surface area contributed by atoms with Crippen molar-refractivity contribution in [2.75, 3.05) is 32.8 Å². The number of carbonyl (C=O) groups is 3. The van der Waals surface area contributed by atoms with Gasteiger partial charge in [-0.25, -0.2) is 4.68 Å². The average Bonchev–Trinajstić information content (AvgIpc) is 3.66. The highest BCUT2D eigenvalue weighted by atomic mass is 32.2. The van der Waals surface area contributed by atoms with Gasteiger partial charge in [-0.2, -0.15) is 0 Å². The molecule has 0 saturated carbocycles. The smallest absolute Gasteiger partial charge is 0.248 e. The predicted molar refractivity (Wildman–Crippen MR) is 154 cm³/mol. The minimum absolute atomic E-state index is 0.0336. The summed E-state index contributed by atoms with van der Waals surface area (Å²) in [5, 5.41) is 18.4. The second-order valence-corrected chi connectivity index (χ2v) is 12.5. The van der Waals surface area contributed by atoms with Crippen molar-refractivity contribution in [3.8, 4) is 0 Å². The Labute approximate surface area is 239 Å². The highest BCUT2D eigenvalue weighted by Crippen LogP contribution is 2.68. The van der Waals surface area contributed by atoms with E-state index in [0.29, 0.717) is 13.1 Å². The van der Waals surface area contributed by atoms with Gasteiger partial charge < -0.3 is 19.8 Å². The van der Waals surface area contributed by atoms with Crippen LogP contribution in [0, 0.1) is 17.8 Å². The molecule has 2 aromatic rings. The van der Waals surface area contributed by atoms with Gasteiger partial charge in [-0.3, -0.25) is 14.4 Å². The van der Waals surface area contributed by atoms with Gasteiger partial charge in [-0.1, -0.05) is 43.3 Å². The number of amides is 3. The zero-order valence-corrected chi connectivity index (χ0v) is 24.0. The van der Waals surface area contributed by atoms with Gasteiger partial charge in [0.1, 0.15) is 18.2 Å². The normalized spacial score (nSPS) is 28.6. The van der Waals surface area contributed by atoms with Crippen molar-refractivity contribution < 1.29 is 19.5 Å². The van der Waals surface area contributed by atoms with Crippen LogP contribution in [0.4, 0.5) is 0 Å². The third-order valence-electron chi connectivity index (χ3n) is 8.65. The van der Waals surface area contributed by atoms with Crippen molar-refractivity contribution in [3.63, 3.8) is 0 Å². The molecule has 3 amide bonds. The Morgan fingerprint density at radius 1 is 1.20 bits per heavy atom. The Kier molecular flexibility index (Phi) is 8.05. The number of aliphatic hydroxyl groups excluding tert-OH is 1. The summed E-state index contributed by atoms with van der Waals surface area (Å²) in [6.07, 6.45) is 4.93. The maximum Gasteiger partial charge on any atom is 0.248 e. The lowest BCUT2D eigenvalue weighted by Crippen LogP contribution is -2.58. The third kappa shape index (κ3) is 4.34. The van der Waals surface area contributed by atoms with Gasteiger partial charge in [-0.15, -0.1) is 30.0 Å². The number of aliphatic hydroxyl groups is 1. The van der Waals surface area contributed by atoms with E-state index in [0.717, 1.165) is 23.9 Å². The molecule has 40 heavy (non-hydrogen) atoms. The molecule has 5 rings (SSSR count). The summed E-state index contributed by atoms with van der Waals surface area (Å²) < 4.78 is 0.913.